The van der Waals surface area contributed by atoms with E-state index >= 15 is 0 Å². The molecule has 0 bridgehead atoms. The maximum atomic E-state index is 10.5. The normalized spacial score (nSPS) is 12.6. The van der Waals surface area contributed by atoms with Gasteiger partial charge in [-0.2, -0.15) is 0 Å². The van der Waals surface area contributed by atoms with Crippen LogP contribution in [0.3, 0.4) is 0 Å². The molecule has 0 N–H and O–H groups in total. The number of benzene rings is 1. The van der Waals surface area contributed by atoms with E-state index in [1.165, 1.54) is 0 Å². The number of hydrogen-bond acceptors (Lipinski definition) is 3. The minimum absolute atomic E-state index is 0.0650. The molecule has 1 nitrogen and oxygen atoms in total. The summed E-state index contributed by atoms with van der Waals surface area (Å²) in [6, 6.07) is 5.60. The van der Waals surface area contributed by atoms with Crippen molar-refractivity contribution >= 4 is 31.5 Å². The quantitative estimate of drug-likeness (QED) is 0.552. The lowest BCUT2D eigenvalue weighted by molar-refractivity contribution is -0.108. The first kappa shape index (κ1) is 9.68. The molecule has 1 atom stereocenters. The highest BCUT2D eigenvalue weighted by Gasteiger charge is 2.04. The first-order valence-electron chi connectivity index (χ1n) is 3.62. The van der Waals surface area contributed by atoms with Gasteiger partial charge in [0, 0.05) is 15.7 Å². The predicted molar refractivity (Wildman–Crippen MR) is 55.4 cm³/mol. The molecule has 0 aliphatic heterocycles. The van der Waals surface area contributed by atoms with Gasteiger partial charge in [-0.3, -0.25) is 0 Å². The first-order valence-corrected chi connectivity index (χ1v) is 4.51. The third kappa shape index (κ3) is 2.05. The molecule has 12 heavy (non-hydrogen) atoms. The van der Waals surface area contributed by atoms with Crippen LogP contribution in [-0.2, 0) is 4.79 Å². The van der Waals surface area contributed by atoms with E-state index in [1.54, 1.807) is 0 Å². The molecule has 0 radical (unpaired) electrons. The summed E-state index contributed by atoms with van der Waals surface area (Å²) in [5.41, 5.74) is 0.979. The van der Waals surface area contributed by atoms with Gasteiger partial charge in [0.05, 0.1) is 0 Å². The summed E-state index contributed by atoms with van der Waals surface area (Å²) in [6.45, 7) is 1.85. The molecule has 0 saturated carbocycles. The Labute approximate surface area is 83.0 Å². The largest absolute Gasteiger partial charge is 0.303 e. The smallest absolute Gasteiger partial charge is 0.127 e. The standard InChI is InChI=1S/C9H10OS2/c1-6(5-10)7-2-3-8(11)9(12)4-7/h2-6,11-12H,1H3. The topological polar surface area (TPSA) is 17.1 Å². The van der Waals surface area contributed by atoms with Gasteiger partial charge < -0.3 is 4.79 Å². The van der Waals surface area contributed by atoms with E-state index in [-0.39, 0.29) is 5.92 Å². The fraction of sp³-hybridized carbons (Fsp3) is 0.222. The lowest BCUT2D eigenvalue weighted by atomic mass is 10.0. The zero-order valence-electron chi connectivity index (χ0n) is 6.69. The molecule has 0 aliphatic carbocycles. The molecule has 1 rings (SSSR count). The lowest BCUT2D eigenvalue weighted by Crippen LogP contribution is -1.93. The van der Waals surface area contributed by atoms with E-state index < -0.39 is 0 Å². The van der Waals surface area contributed by atoms with Crippen molar-refractivity contribution in [3.63, 3.8) is 0 Å². The number of carbonyl (C=O) groups excluding carboxylic acids is 1. The molecular weight excluding hydrogens is 188 g/mol. The highest BCUT2D eigenvalue weighted by Crippen LogP contribution is 2.22. The minimum Gasteiger partial charge on any atom is -0.303 e. The fourth-order valence-corrected chi connectivity index (χ4v) is 1.26. The van der Waals surface area contributed by atoms with Crippen molar-refractivity contribution in [2.24, 2.45) is 0 Å². The average molecular weight is 198 g/mol. The van der Waals surface area contributed by atoms with Crippen molar-refractivity contribution in [1.82, 2.24) is 0 Å². The predicted octanol–water partition coefficient (Wildman–Crippen LogP) is 2.57. The molecule has 3 heteroatoms. The Balaban J connectivity index is 3.04. The highest BCUT2D eigenvalue weighted by atomic mass is 32.1. The van der Waals surface area contributed by atoms with E-state index in [9.17, 15) is 4.79 Å². The minimum atomic E-state index is -0.0650. The zero-order chi connectivity index (χ0) is 9.14. The molecule has 1 aromatic rings. The molecule has 0 aliphatic rings. The Morgan fingerprint density at radius 2 is 2.00 bits per heavy atom. The number of rotatable bonds is 2. The lowest BCUT2D eigenvalue weighted by Gasteiger charge is -2.05. The fourth-order valence-electron chi connectivity index (χ4n) is 0.902. The van der Waals surface area contributed by atoms with Gasteiger partial charge in [0.1, 0.15) is 6.29 Å². The summed E-state index contributed by atoms with van der Waals surface area (Å²) in [7, 11) is 0. The summed E-state index contributed by atoms with van der Waals surface area (Å²) in [5.74, 6) is -0.0650. The molecule has 0 saturated heterocycles. The van der Waals surface area contributed by atoms with Crippen LogP contribution in [0.25, 0.3) is 0 Å². The van der Waals surface area contributed by atoms with Crippen LogP contribution >= 0.6 is 25.3 Å². The van der Waals surface area contributed by atoms with Gasteiger partial charge in [0.2, 0.25) is 0 Å². The van der Waals surface area contributed by atoms with Gasteiger partial charge in [-0.05, 0) is 17.7 Å². The second-order valence-corrected chi connectivity index (χ2v) is 3.64. The summed E-state index contributed by atoms with van der Waals surface area (Å²) < 4.78 is 0. The summed E-state index contributed by atoms with van der Waals surface area (Å²) in [4.78, 5) is 12.1. The number of aldehydes is 1. The molecule has 1 unspecified atom stereocenters. The Hall–Kier alpha value is -0.410. The third-order valence-corrected chi connectivity index (χ3v) is 2.67. The molecule has 1 aromatic carbocycles. The Morgan fingerprint density at radius 3 is 2.50 bits per heavy atom. The molecule has 0 spiro atoms. The van der Waals surface area contributed by atoms with Gasteiger partial charge in [-0.1, -0.05) is 13.0 Å². The van der Waals surface area contributed by atoms with Crippen LogP contribution < -0.4 is 0 Å². The van der Waals surface area contributed by atoms with Gasteiger partial charge in [0.25, 0.3) is 0 Å². The van der Waals surface area contributed by atoms with Crippen molar-refractivity contribution in [2.75, 3.05) is 0 Å². The van der Waals surface area contributed by atoms with Crippen LogP contribution in [0.15, 0.2) is 28.0 Å². The summed E-state index contributed by atoms with van der Waals surface area (Å²) in [6.07, 6.45) is 0.917. The van der Waals surface area contributed by atoms with Crippen LogP contribution in [0.4, 0.5) is 0 Å². The van der Waals surface area contributed by atoms with E-state index in [0.717, 1.165) is 21.6 Å². The van der Waals surface area contributed by atoms with Crippen molar-refractivity contribution in [3.8, 4) is 0 Å². The van der Waals surface area contributed by atoms with E-state index in [1.807, 2.05) is 25.1 Å². The number of hydrogen-bond donors (Lipinski definition) is 2. The molecular formula is C9H10OS2. The Kier molecular flexibility index (Phi) is 3.23. The molecule has 0 aromatic heterocycles. The van der Waals surface area contributed by atoms with Crippen LogP contribution in [0.1, 0.15) is 18.4 Å². The van der Waals surface area contributed by atoms with E-state index in [4.69, 9.17) is 0 Å². The molecule has 0 fully saturated rings. The Bertz CT molecular complexity index is 297. The zero-order valence-corrected chi connectivity index (χ0v) is 8.48. The van der Waals surface area contributed by atoms with Crippen LogP contribution in [0.5, 0.6) is 0 Å². The van der Waals surface area contributed by atoms with Crippen LogP contribution in [0.2, 0.25) is 0 Å². The molecule has 0 heterocycles. The summed E-state index contributed by atoms with van der Waals surface area (Å²) in [5, 5.41) is 0. The van der Waals surface area contributed by atoms with Gasteiger partial charge >= 0.3 is 0 Å². The van der Waals surface area contributed by atoms with Crippen molar-refractivity contribution in [3.05, 3.63) is 23.8 Å². The van der Waals surface area contributed by atoms with Crippen molar-refractivity contribution in [1.29, 1.82) is 0 Å². The summed E-state index contributed by atoms with van der Waals surface area (Å²) >= 11 is 8.39. The van der Waals surface area contributed by atoms with Crippen LogP contribution in [0, 0.1) is 0 Å². The Morgan fingerprint density at radius 1 is 1.33 bits per heavy atom. The van der Waals surface area contributed by atoms with E-state index in [2.05, 4.69) is 25.3 Å². The van der Waals surface area contributed by atoms with Gasteiger partial charge in [-0.15, -0.1) is 25.3 Å². The SMILES string of the molecule is CC(C=O)c1ccc(S)c(S)c1. The number of carbonyl (C=O) groups is 1. The average Bonchev–Trinajstić information content (AvgIpc) is 2.08. The molecule has 64 valence electrons. The second-order valence-electron chi connectivity index (χ2n) is 2.67. The first-order chi connectivity index (χ1) is 5.65. The number of thiol groups is 2. The maximum Gasteiger partial charge on any atom is 0.127 e. The van der Waals surface area contributed by atoms with E-state index in [0.29, 0.717) is 0 Å². The van der Waals surface area contributed by atoms with Gasteiger partial charge in [0.15, 0.2) is 0 Å². The van der Waals surface area contributed by atoms with Gasteiger partial charge in [-0.25, -0.2) is 0 Å². The maximum absolute atomic E-state index is 10.5. The molecule has 0 amide bonds. The highest BCUT2D eigenvalue weighted by molar-refractivity contribution is 7.83. The third-order valence-electron chi connectivity index (χ3n) is 1.73. The van der Waals surface area contributed by atoms with Crippen molar-refractivity contribution < 1.29 is 4.79 Å². The van der Waals surface area contributed by atoms with Crippen LogP contribution in [-0.4, -0.2) is 6.29 Å². The monoisotopic (exact) mass is 198 g/mol. The van der Waals surface area contributed by atoms with Crippen molar-refractivity contribution in [2.45, 2.75) is 22.6 Å². The second kappa shape index (κ2) is 4.01.